The quantitative estimate of drug-likeness (QED) is 0.301. The van der Waals surface area contributed by atoms with Crippen molar-refractivity contribution in [1.29, 1.82) is 0 Å². The Morgan fingerprint density at radius 3 is 1.76 bits per heavy atom. The van der Waals surface area contributed by atoms with Gasteiger partial charge in [0.25, 0.3) is 0 Å². The van der Waals surface area contributed by atoms with Gasteiger partial charge in [0.2, 0.25) is 0 Å². The molecule has 0 saturated heterocycles. The second-order valence-corrected chi connectivity index (χ2v) is 22.7. The van der Waals surface area contributed by atoms with Crippen molar-refractivity contribution in [3.05, 3.63) is 48.9 Å². The van der Waals surface area contributed by atoms with Gasteiger partial charge in [0.1, 0.15) is 0 Å². The van der Waals surface area contributed by atoms with Crippen LogP contribution in [0.25, 0.3) is 10.4 Å². The predicted molar refractivity (Wildman–Crippen MR) is 119 cm³/mol. The van der Waals surface area contributed by atoms with Gasteiger partial charge < -0.3 is 0 Å². The van der Waals surface area contributed by atoms with E-state index in [1.165, 1.54) is 49.0 Å². The number of hydrogen-bond donors (Lipinski definition) is 0. The van der Waals surface area contributed by atoms with E-state index in [9.17, 15) is 0 Å². The van der Waals surface area contributed by atoms with Gasteiger partial charge in [-0.15, -0.1) is 0 Å². The molecule has 2 heteroatoms. The molecule has 1 radical (unpaired) electrons. The van der Waals surface area contributed by atoms with Gasteiger partial charge in [-0.1, -0.05) is 0 Å². The third kappa shape index (κ3) is 5.85. The van der Waals surface area contributed by atoms with Crippen molar-refractivity contribution in [3.8, 4) is 10.4 Å². The molecule has 0 fully saturated rings. The molecule has 0 bridgehead atoms. The molecule has 0 amide bonds. The van der Waals surface area contributed by atoms with Gasteiger partial charge in [-0.2, -0.15) is 0 Å². The first-order valence-corrected chi connectivity index (χ1v) is 18.5. The van der Waals surface area contributed by atoms with E-state index in [1.807, 2.05) is 2.89 Å². The molecule has 2 rings (SSSR count). The molecule has 0 saturated carbocycles. The molecule has 0 spiro atoms. The maximum atomic E-state index is 4.01. The minimum atomic E-state index is -2.25. The first-order chi connectivity index (χ1) is 12.1. The zero-order chi connectivity index (χ0) is 18.1. The Bertz CT molecular complexity index is 590. The Balaban J connectivity index is 2.32. The van der Waals surface area contributed by atoms with Crippen LogP contribution in [-0.4, -0.2) is 18.4 Å². The predicted octanol–water partition coefficient (Wildman–Crippen LogP) is 7.65. The van der Waals surface area contributed by atoms with Gasteiger partial charge in [-0.05, 0) is 0 Å². The molecular weight excluding hydrogens is 427 g/mol. The van der Waals surface area contributed by atoms with Crippen LogP contribution in [0.15, 0.2) is 36.4 Å². The van der Waals surface area contributed by atoms with Crippen LogP contribution in [0, 0.1) is 6.92 Å². The monoisotopic (exact) mass is 463 g/mol. The van der Waals surface area contributed by atoms with Crippen molar-refractivity contribution in [1.82, 2.24) is 0 Å². The van der Waals surface area contributed by atoms with Gasteiger partial charge in [-0.3, -0.25) is 0 Å². The zero-order valence-corrected chi connectivity index (χ0v) is 20.1. The summed E-state index contributed by atoms with van der Waals surface area (Å²) in [4.78, 5) is 1.46. The molecule has 2 aromatic rings. The summed E-state index contributed by atoms with van der Waals surface area (Å²) in [5.74, 6) is 0. The number of hydrogen-bond acceptors (Lipinski definition) is 1. The van der Waals surface area contributed by atoms with Gasteiger partial charge >= 0.3 is 165 Å². The van der Waals surface area contributed by atoms with Gasteiger partial charge in [-0.25, -0.2) is 0 Å². The molecule has 137 valence electrons. The van der Waals surface area contributed by atoms with Crippen LogP contribution in [0.5, 0.6) is 0 Å². The minimum absolute atomic E-state index is 1.10. The van der Waals surface area contributed by atoms with E-state index in [0.29, 0.717) is 0 Å². The van der Waals surface area contributed by atoms with Crippen LogP contribution in [0.4, 0.5) is 0 Å². The Morgan fingerprint density at radius 1 is 0.760 bits per heavy atom. The van der Waals surface area contributed by atoms with E-state index in [-0.39, 0.29) is 0 Å². The molecule has 0 unspecified atom stereocenters. The van der Waals surface area contributed by atoms with E-state index in [4.69, 9.17) is 0 Å². The molecule has 0 N–H and O–H groups in total. The molecule has 25 heavy (non-hydrogen) atoms. The summed E-state index contributed by atoms with van der Waals surface area (Å²) in [6, 6.07) is 13.7. The Morgan fingerprint density at radius 2 is 1.28 bits per heavy atom. The van der Waals surface area contributed by atoms with Crippen molar-refractivity contribution in [2.45, 2.75) is 72.6 Å². The number of thiophene rings is 1. The maximum absolute atomic E-state index is 4.01. The molecule has 0 nitrogen and oxygen atoms in total. The van der Waals surface area contributed by atoms with Crippen LogP contribution < -0.4 is 2.89 Å². The first kappa shape index (κ1) is 21.0. The molecule has 1 aromatic carbocycles. The fraction of sp³-hybridized carbons (Fsp3) is 0.522. The average molecular weight is 462 g/mol. The Hall–Kier alpha value is -0.281. The molecule has 0 atom stereocenters. The fourth-order valence-electron chi connectivity index (χ4n) is 3.74. The van der Waals surface area contributed by atoms with Crippen LogP contribution in [0.3, 0.4) is 0 Å². The first-order valence-electron chi connectivity index (χ1n) is 10.2. The van der Waals surface area contributed by atoms with Crippen molar-refractivity contribution in [3.63, 3.8) is 0 Å². The molecule has 0 aliphatic heterocycles. The standard InChI is InChI=1S/C11H8S.3C4H9.Sn/c1-9-4-6-10(7-5-9)11-3-2-8-12-11;3*1-3-4-2;/h2-7H,1H2;3*1,3-4H2,2H3;. The van der Waals surface area contributed by atoms with E-state index in [1.54, 1.807) is 13.3 Å². The van der Waals surface area contributed by atoms with Crippen LogP contribution in [0.1, 0.15) is 64.9 Å². The van der Waals surface area contributed by atoms with Crippen molar-refractivity contribution in [2.24, 2.45) is 0 Å². The normalized spacial score (nSPS) is 11.8. The Labute approximate surface area is 163 Å². The summed E-state index contributed by atoms with van der Waals surface area (Å²) in [5.41, 5.74) is 2.47. The third-order valence-electron chi connectivity index (χ3n) is 5.39. The van der Waals surface area contributed by atoms with Gasteiger partial charge in [0, 0.05) is 0 Å². The van der Waals surface area contributed by atoms with Crippen LogP contribution in [0.2, 0.25) is 13.3 Å². The summed E-state index contributed by atoms with van der Waals surface area (Å²) in [6.07, 6.45) is 8.35. The van der Waals surface area contributed by atoms with Crippen molar-refractivity contribution >= 4 is 32.6 Å². The molecule has 1 aromatic heterocycles. The van der Waals surface area contributed by atoms with E-state index in [2.05, 4.69) is 75.4 Å². The Kier molecular flexibility index (Phi) is 9.05. The molecule has 1 heterocycles. The number of rotatable bonds is 11. The van der Waals surface area contributed by atoms with Crippen molar-refractivity contribution in [2.75, 3.05) is 0 Å². The summed E-state index contributed by atoms with van der Waals surface area (Å²) >= 11 is -0.125. The fourth-order valence-corrected chi connectivity index (χ4v) is 23.9. The van der Waals surface area contributed by atoms with Gasteiger partial charge in [0.05, 0.1) is 0 Å². The SMILES string of the molecule is [CH2]c1ccc(-c2cc[c]([Sn]([CH2]CCC)([CH2]CCC)[CH2]CCC)s2)cc1. The van der Waals surface area contributed by atoms with E-state index >= 15 is 0 Å². The average Bonchev–Trinajstić information content (AvgIpc) is 3.13. The zero-order valence-electron chi connectivity index (χ0n) is 16.4. The summed E-state index contributed by atoms with van der Waals surface area (Å²) in [5, 5.41) is 0. The van der Waals surface area contributed by atoms with E-state index in [0.717, 1.165) is 5.56 Å². The number of benzene rings is 1. The molecule has 0 aliphatic rings. The summed E-state index contributed by atoms with van der Waals surface area (Å²) in [6.45, 7) is 11.1. The summed E-state index contributed by atoms with van der Waals surface area (Å²) in [7, 11) is 0. The number of unbranched alkanes of at least 4 members (excludes halogenated alkanes) is 3. The van der Waals surface area contributed by atoms with Crippen LogP contribution in [-0.2, 0) is 0 Å². The second-order valence-electron chi connectivity index (χ2n) is 7.45. The molecule has 0 aliphatic carbocycles. The van der Waals surface area contributed by atoms with Crippen molar-refractivity contribution < 1.29 is 0 Å². The van der Waals surface area contributed by atoms with Gasteiger partial charge in [0.15, 0.2) is 0 Å². The second kappa shape index (κ2) is 10.8. The molecular formula is C23H35SSn. The van der Waals surface area contributed by atoms with E-state index < -0.39 is 18.4 Å². The van der Waals surface area contributed by atoms with Crippen LogP contribution >= 0.6 is 11.3 Å². The summed E-state index contributed by atoms with van der Waals surface area (Å²) < 4.78 is 6.51. The topological polar surface area (TPSA) is 0 Å². The third-order valence-corrected chi connectivity index (χ3v) is 24.8.